The zero-order valence-corrected chi connectivity index (χ0v) is 20.8. The van der Waals surface area contributed by atoms with Crippen molar-refractivity contribution in [1.29, 1.82) is 0 Å². The summed E-state index contributed by atoms with van der Waals surface area (Å²) in [5, 5.41) is 5.06. The molecule has 0 radical (unpaired) electrons. The summed E-state index contributed by atoms with van der Waals surface area (Å²) in [5.74, 6) is -2.73. The number of nitrogens with zero attached hydrogens (tertiary/aromatic N) is 4. The van der Waals surface area contributed by atoms with E-state index >= 15 is 0 Å². The molecule has 3 heterocycles. The Morgan fingerprint density at radius 1 is 0.811 bits per heavy atom. The Labute approximate surface area is 211 Å². The Hall–Kier alpha value is -4.86. The number of carbonyl (C=O) groups excluding carboxylic acids is 4. The molecule has 0 saturated carbocycles. The maximum absolute atomic E-state index is 13.7. The minimum atomic E-state index is -0.738. The molecule has 0 saturated heterocycles. The van der Waals surface area contributed by atoms with Gasteiger partial charge in [-0.25, -0.2) is 24.2 Å². The van der Waals surface area contributed by atoms with Crippen LogP contribution in [0.15, 0.2) is 42.6 Å². The van der Waals surface area contributed by atoms with E-state index in [9.17, 15) is 19.2 Å². The van der Waals surface area contributed by atoms with Crippen molar-refractivity contribution >= 4 is 40.5 Å². The first kappa shape index (κ1) is 23.9. The molecule has 0 spiro atoms. The summed E-state index contributed by atoms with van der Waals surface area (Å²) in [7, 11) is 2.38. The van der Waals surface area contributed by atoms with Crippen LogP contribution in [0.5, 0.6) is 0 Å². The normalized spacial score (nSPS) is 12.7. The molecule has 10 heteroatoms. The minimum Gasteiger partial charge on any atom is -0.465 e. The second-order valence-electron chi connectivity index (χ2n) is 8.71. The minimum absolute atomic E-state index is 0.0148. The number of pyridine rings is 1. The predicted octanol–water partition coefficient (Wildman–Crippen LogP) is 3.72. The average molecular weight is 498 g/mol. The Morgan fingerprint density at radius 2 is 1.46 bits per heavy atom. The van der Waals surface area contributed by atoms with Gasteiger partial charge in [-0.1, -0.05) is 6.07 Å². The highest BCUT2D eigenvalue weighted by Crippen LogP contribution is 2.35. The Morgan fingerprint density at radius 3 is 2.05 bits per heavy atom. The number of aromatic nitrogens is 3. The van der Waals surface area contributed by atoms with Crippen molar-refractivity contribution in [2.75, 3.05) is 19.1 Å². The number of methoxy groups -OCH3 is 2. The molecule has 1 aliphatic rings. The third-order valence-corrected chi connectivity index (χ3v) is 6.47. The van der Waals surface area contributed by atoms with Crippen LogP contribution >= 0.6 is 0 Å². The molecule has 0 atom stereocenters. The van der Waals surface area contributed by atoms with E-state index in [2.05, 4.69) is 10.1 Å². The zero-order valence-electron chi connectivity index (χ0n) is 20.8. The van der Waals surface area contributed by atoms with Gasteiger partial charge in [-0.05, 0) is 62.2 Å². The number of anilines is 1. The molecule has 186 valence electrons. The van der Waals surface area contributed by atoms with Crippen molar-refractivity contribution in [2.24, 2.45) is 0 Å². The van der Waals surface area contributed by atoms with Gasteiger partial charge >= 0.3 is 11.9 Å². The van der Waals surface area contributed by atoms with E-state index in [4.69, 9.17) is 9.47 Å². The number of rotatable bonds is 4. The number of benzene rings is 2. The molecule has 0 N–H and O–H groups in total. The van der Waals surface area contributed by atoms with E-state index in [0.717, 1.165) is 21.7 Å². The number of ether oxygens (including phenoxy) is 2. The second kappa shape index (κ2) is 8.66. The number of carbonyl (C=O) groups is 4. The van der Waals surface area contributed by atoms with Crippen LogP contribution in [0.4, 0.5) is 5.69 Å². The summed E-state index contributed by atoms with van der Waals surface area (Å²) in [6.45, 7) is 5.75. The number of imide groups is 1. The molecule has 0 aliphatic carbocycles. The van der Waals surface area contributed by atoms with Gasteiger partial charge in [-0.3, -0.25) is 9.59 Å². The van der Waals surface area contributed by atoms with Crippen molar-refractivity contribution in [3.05, 3.63) is 81.7 Å². The summed E-state index contributed by atoms with van der Waals surface area (Å²) >= 11 is 0. The van der Waals surface area contributed by atoms with E-state index in [1.165, 1.54) is 38.6 Å². The first-order valence-electron chi connectivity index (χ1n) is 11.3. The first-order chi connectivity index (χ1) is 17.7. The van der Waals surface area contributed by atoms with Crippen molar-refractivity contribution in [2.45, 2.75) is 20.8 Å². The SMILES string of the molecule is COC(=O)c1cc(C(=O)OC)cc(N2C(=O)c3cnc4c(c(C)nn4-c4ccc(C)c(C)c4)c3C2=O)c1. The summed E-state index contributed by atoms with van der Waals surface area (Å²) in [6.07, 6.45) is 1.35. The second-order valence-corrected chi connectivity index (χ2v) is 8.71. The van der Waals surface area contributed by atoms with Crippen LogP contribution < -0.4 is 4.90 Å². The fraction of sp³-hybridized carbons (Fsp3) is 0.185. The number of hydrogen-bond donors (Lipinski definition) is 0. The Kier molecular flexibility index (Phi) is 5.59. The maximum Gasteiger partial charge on any atom is 0.337 e. The first-order valence-corrected chi connectivity index (χ1v) is 11.3. The van der Waals surface area contributed by atoms with Crippen LogP contribution in [-0.4, -0.2) is 52.7 Å². The smallest absolute Gasteiger partial charge is 0.337 e. The number of hydrogen-bond acceptors (Lipinski definition) is 8. The van der Waals surface area contributed by atoms with E-state index in [1.54, 1.807) is 11.6 Å². The van der Waals surface area contributed by atoms with Crippen LogP contribution in [-0.2, 0) is 9.47 Å². The third-order valence-electron chi connectivity index (χ3n) is 6.47. The lowest BCUT2D eigenvalue weighted by Crippen LogP contribution is -2.30. The molecule has 2 aromatic carbocycles. The summed E-state index contributed by atoms with van der Waals surface area (Å²) in [6, 6.07) is 9.77. The van der Waals surface area contributed by atoms with Gasteiger partial charge in [0.25, 0.3) is 11.8 Å². The lowest BCUT2D eigenvalue weighted by Gasteiger charge is -2.16. The van der Waals surface area contributed by atoms with Crippen molar-refractivity contribution in [1.82, 2.24) is 14.8 Å². The van der Waals surface area contributed by atoms with Crippen LogP contribution in [0.1, 0.15) is 58.3 Å². The molecule has 1 aliphatic heterocycles. The monoisotopic (exact) mass is 498 g/mol. The van der Waals surface area contributed by atoms with Gasteiger partial charge in [-0.15, -0.1) is 0 Å². The van der Waals surface area contributed by atoms with Crippen LogP contribution in [0.2, 0.25) is 0 Å². The molecule has 2 amide bonds. The number of aryl methyl sites for hydroxylation is 3. The summed E-state index contributed by atoms with van der Waals surface area (Å²) in [4.78, 5) is 57.0. The fourth-order valence-electron chi connectivity index (χ4n) is 4.44. The number of esters is 2. The molecule has 0 unspecified atom stereocenters. The van der Waals surface area contributed by atoms with Crippen molar-refractivity contribution in [3.63, 3.8) is 0 Å². The summed E-state index contributed by atoms with van der Waals surface area (Å²) in [5.41, 5.74) is 4.19. The predicted molar refractivity (Wildman–Crippen MR) is 133 cm³/mol. The zero-order chi connectivity index (χ0) is 26.6. The Balaban J connectivity index is 1.68. The molecular weight excluding hydrogens is 476 g/mol. The van der Waals surface area contributed by atoms with Gasteiger partial charge in [0.05, 0.1) is 58.9 Å². The van der Waals surface area contributed by atoms with E-state index in [1.807, 2.05) is 32.0 Å². The average Bonchev–Trinajstić information content (AvgIpc) is 3.37. The molecule has 10 nitrogen and oxygen atoms in total. The largest absolute Gasteiger partial charge is 0.465 e. The Bertz CT molecular complexity index is 1640. The molecule has 4 aromatic rings. The third kappa shape index (κ3) is 3.65. The fourth-order valence-corrected chi connectivity index (χ4v) is 4.44. The van der Waals surface area contributed by atoms with Gasteiger partial charge < -0.3 is 9.47 Å². The lowest BCUT2D eigenvalue weighted by molar-refractivity contribution is 0.0598. The standard InChI is InChI=1S/C27H22N4O6/c1-13-6-7-18(8-14(13)2)31-23-21(15(3)29-31)22-20(12-28-23)24(32)30(25(22)33)19-10-16(26(34)36-4)9-17(11-19)27(35)37-5/h6-12H,1-5H3. The van der Waals surface area contributed by atoms with Crippen LogP contribution in [0.3, 0.4) is 0 Å². The van der Waals surface area contributed by atoms with Gasteiger partial charge in [0.15, 0.2) is 5.65 Å². The van der Waals surface area contributed by atoms with Gasteiger partial charge in [0.2, 0.25) is 0 Å². The molecule has 2 aromatic heterocycles. The highest BCUT2D eigenvalue weighted by Gasteiger charge is 2.40. The molecular formula is C27H22N4O6. The lowest BCUT2D eigenvalue weighted by atomic mass is 10.1. The quantitative estimate of drug-likeness (QED) is 0.308. The molecule has 0 bridgehead atoms. The van der Waals surface area contributed by atoms with Gasteiger partial charge in [0, 0.05) is 6.20 Å². The highest BCUT2D eigenvalue weighted by atomic mass is 16.5. The number of fused-ring (bicyclic) bond motifs is 3. The molecule has 5 rings (SSSR count). The molecule has 0 fully saturated rings. The summed E-state index contributed by atoms with van der Waals surface area (Å²) < 4.78 is 11.2. The van der Waals surface area contributed by atoms with Crippen molar-refractivity contribution < 1.29 is 28.7 Å². The topological polar surface area (TPSA) is 121 Å². The van der Waals surface area contributed by atoms with Crippen LogP contribution in [0, 0.1) is 20.8 Å². The van der Waals surface area contributed by atoms with E-state index in [-0.39, 0.29) is 27.9 Å². The van der Waals surface area contributed by atoms with Gasteiger partial charge in [0.1, 0.15) is 0 Å². The van der Waals surface area contributed by atoms with E-state index in [0.29, 0.717) is 16.7 Å². The van der Waals surface area contributed by atoms with E-state index < -0.39 is 23.8 Å². The van der Waals surface area contributed by atoms with Crippen LogP contribution in [0.25, 0.3) is 16.7 Å². The van der Waals surface area contributed by atoms with Gasteiger partial charge in [-0.2, -0.15) is 5.10 Å². The van der Waals surface area contributed by atoms with Crippen molar-refractivity contribution in [3.8, 4) is 5.69 Å². The number of amides is 2. The maximum atomic E-state index is 13.7. The highest BCUT2D eigenvalue weighted by molar-refractivity contribution is 6.37. The molecule has 37 heavy (non-hydrogen) atoms.